The molecule has 2 rings (SSSR count). The van der Waals surface area contributed by atoms with Gasteiger partial charge >= 0.3 is 0 Å². The molecule has 1 unspecified atom stereocenters. The lowest BCUT2D eigenvalue weighted by molar-refractivity contribution is -0.109. The molecular weight excluding hydrogens is 246 g/mol. The molecule has 106 valence electrons. The van der Waals surface area contributed by atoms with Crippen LogP contribution in [0.15, 0.2) is 18.2 Å². The molecule has 1 aliphatic rings. The van der Waals surface area contributed by atoms with Gasteiger partial charge in [-0.1, -0.05) is 0 Å². The van der Waals surface area contributed by atoms with Crippen LogP contribution in [-0.2, 0) is 9.47 Å². The second-order valence-corrected chi connectivity index (χ2v) is 4.48. The average Bonchev–Trinajstić information content (AvgIpc) is 2.64. The smallest absolute Gasteiger partial charge is 0.176 e. The summed E-state index contributed by atoms with van der Waals surface area (Å²) in [5.41, 5.74) is 0.954. The lowest BCUT2D eigenvalue weighted by Gasteiger charge is -2.23. The molecular formula is C14H21NO4. The summed E-state index contributed by atoms with van der Waals surface area (Å²) in [7, 11) is 3.25. The van der Waals surface area contributed by atoms with Crippen molar-refractivity contribution in [3.05, 3.63) is 18.2 Å². The van der Waals surface area contributed by atoms with E-state index in [1.54, 1.807) is 14.2 Å². The zero-order valence-corrected chi connectivity index (χ0v) is 11.6. The minimum absolute atomic E-state index is 0.0275. The van der Waals surface area contributed by atoms with Crippen LogP contribution in [-0.4, -0.2) is 39.8 Å². The maximum Gasteiger partial charge on any atom is 0.176 e. The Labute approximate surface area is 113 Å². The Morgan fingerprint density at radius 2 is 1.79 bits per heavy atom. The van der Waals surface area contributed by atoms with Gasteiger partial charge in [0.15, 0.2) is 17.8 Å². The van der Waals surface area contributed by atoms with Crippen LogP contribution in [0.2, 0.25) is 0 Å². The molecule has 1 aromatic rings. The van der Waals surface area contributed by atoms with E-state index >= 15 is 0 Å². The first kappa shape index (κ1) is 14.0. The Bertz CT molecular complexity index is 406. The third-order valence-corrected chi connectivity index (χ3v) is 3.01. The minimum Gasteiger partial charge on any atom is -0.490 e. The number of hydrogen-bond donors (Lipinski definition) is 1. The van der Waals surface area contributed by atoms with Crippen LogP contribution in [0.3, 0.4) is 0 Å². The van der Waals surface area contributed by atoms with Crippen molar-refractivity contribution in [2.75, 3.05) is 32.8 Å². The predicted molar refractivity (Wildman–Crippen MR) is 72.9 cm³/mol. The van der Waals surface area contributed by atoms with E-state index in [1.165, 1.54) is 0 Å². The lowest BCUT2D eigenvalue weighted by Crippen LogP contribution is -2.33. The Hall–Kier alpha value is -1.46. The van der Waals surface area contributed by atoms with Gasteiger partial charge in [-0.05, 0) is 19.1 Å². The summed E-state index contributed by atoms with van der Waals surface area (Å²) in [6.45, 7) is 3.39. The Morgan fingerprint density at radius 3 is 2.47 bits per heavy atom. The molecule has 0 saturated heterocycles. The van der Waals surface area contributed by atoms with E-state index in [0.29, 0.717) is 13.2 Å². The fraction of sp³-hybridized carbons (Fsp3) is 0.571. The Morgan fingerprint density at radius 1 is 1.11 bits per heavy atom. The van der Waals surface area contributed by atoms with Crippen molar-refractivity contribution >= 4 is 5.69 Å². The molecule has 0 saturated carbocycles. The summed E-state index contributed by atoms with van der Waals surface area (Å²) in [4.78, 5) is 0. The van der Waals surface area contributed by atoms with E-state index in [2.05, 4.69) is 5.32 Å². The van der Waals surface area contributed by atoms with Gasteiger partial charge < -0.3 is 24.3 Å². The van der Waals surface area contributed by atoms with Crippen LogP contribution >= 0.6 is 0 Å². The summed E-state index contributed by atoms with van der Waals surface area (Å²) in [6, 6.07) is 5.86. The van der Waals surface area contributed by atoms with Gasteiger partial charge in [-0.25, -0.2) is 0 Å². The van der Waals surface area contributed by atoms with E-state index in [0.717, 1.165) is 23.6 Å². The highest BCUT2D eigenvalue weighted by Crippen LogP contribution is 2.32. The van der Waals surface area contributed by atoms with Gasteiger partial charge in [-0.2, -0.15) is 0 Å². The highest BCUT2D eigenvalue weighted by molar-refractivity contribution is 5.55. The van der Waals surface area contributed by atoms with E-state index in [-0.39, 0.29) is 12.3 Å². The molecule has 5 nitrogen and oxygen atoms in total. The molecule has 1 heterocycles. The number of benzene rings is 1. The number of rotatable bonds is 5. The van der Waals surface area contributed by atoms with Crippen molar-refractivity contribution in [1.82, 2.24) is 0 Å². The van der Waals surface area contributed by atoms with Gasteiger partial charge in [0, 0.05) is 32.4 Å². The normalized spacial score (nSPS) is 16.0. The molecule has 0 spiro atoms. The number of ether oxygens (including phenoxy) is 4. The van der Waals surface area contributed by atoms with Crippen molar-refractivity contribution in [3.63, 3.8) is 0 Å². The molecule has 0 bridgehead atoms. The second-order valence-electron chi connectivity index (χ2n) is 4.48. The monoisotopic (exact) mass is 267 g/mol. The molecule has 19 heavy (non-hydrogen) atoms. The van der Waals surface area contributed by atoms with Crippen molar-refractivity contribution in [3.8, 4) is 11.5 Å². The fourth-order valence-corrected chi connectivity index (χ4v) is 2.09. The zero-order chi connectivity index (χ0) is 13.7. The highest BCUT2D eigenvalue weighted by atomic mass is 16.7. The first-order chi connectivity index (χ1) is 9.24. The van der Waals surface area contributed by atoms with Crippen LogP contribution < -0.4 is 14.8 Å². The van der Waals surface area contributed by atoms with Crippen LogP contribution in [0.5, 0.6) is 11.5 Å². The number of nitrogens with one attached hydrogen (secondary N) is 1. The average molecular weight is 267 g/mol. The third-order valence-electron chi connectivity index (χ3n) is 3.01. The summed E-state index contributed by atoms with van der Waals surface area (Å²) in [6.07, 6.45) is 0.611. The molecule has 0 radical (unpaired) electrons. The number of anilines is 1. The van der Waals surface area contributed by atoms with Gasteiger partial charge in [0.25, 0.3) is 0 Å². The molecule has 1 aliphatic heterocycles. The Balaban J connectivity index is 2.07. The van der Waals surface area contributed by atoms with Crippen molar-refractivity contribution in [2.24, 2.45) is 0 Å². The van der Waals surface area contributed by atoms with Crippen LogP contribution in [0.25, 0.3) is 0 Å². The van der Waals surface area contributed by atoms with E-state index in [9.17, 15) is 0 Å². The van der Waals surface area contributed by atoms with E-state index in [4.69, 9.17) is 18.9 Å². The zero-order valence-electron chi connectivity index (χ0n) is 11.6. The minimum atomic E-state index is -0.295. The SMILES string of the molecule is COC(OC)C(C)Nc1ccc2c(c1)OCCCO2. The molecule has 0 aliphatic carbocycles. The molecule has 5 heteroatoms. The molecule has 1 atom stereocenters. The summed E-state index contributed by atoms with van der Waals surface area (Å²) >= 11 is 0. The molecule has 0 fully saturated rings. The predicted octanol–water partition coefficient (Wildman–Crippen LogP) is 2.27. The lowest BCUT2D eigenvalue weighted by atomic mass is 10.2. The molecule has 0 aromatic heterocycles. The fourth-order valence-electron chi connectivity index (χ4n) is 2.09. The second kappa shape index (κ2) is 6.63. The number of methoxy groups -OCH3 is 2. The van der Waals surface area contributed by atoms with Gasteiger partial charge in [0.2, 0.25) is 0 Å². The summed E-state index contributed by atoms with van der Waals surface area (Å²) < 4.78 is 21.7. The highest BCUT2D eigenvalue weighted by Gasteiger charge is 2.17. The number of fused-ring (bicyclic) bond motifs is 1. The topological polar surface area (TPSA) is 49.0 Å². The largest absolute Gasteiger partial charge is 0.490 e. The van der Waals surface area contributed by atoms with Gasteiger partial charge in [0.1, 0.15) is 0 Å². The van der Waals surface area contributed by atoms with Crippen LogP contribution in [0.4, 0.5) is 5.69 Å². The summed E-state index contributed by atoms with van der Waals surface area (Å²) in [5.74, 6) is 1.58. The third kappa shape index (κ3) is 3.52. The quantitative estimate of drug-likeness (QED) is 0.829. The van der Waals surface area contributed by atoms with Gasteiger partial charge in [-0.3, -0.25) is 0 Å². The van der Waals surface area contributed by atoms with Crippen molar-refractivity contribution in [2.45, 2.75) is 25.7 Å². The van der Waals surface area contributed by atoms with Crippen molar-refractivity contribution in [1.29, 1.82) is 0 Å². The first-order valence-electron chi connectivity index (χ1n) is 6.46. The molecule has 1 aromatic carbocycles. The Kier molecular flexibility index (Phi) is 4.87. The molecule has 1 N–H and O–H groups in total. The van der Waals surface area contributed by atoms with Crippen LogP contribution in [0.1, 0.15) is 13.3 Å². The maximum absolute atomic E-state index is 5.66. The van der Waals surface area contributed by atoms with Gasteiger partial charge in [0.05, 0.1) is 19.3 Å². The standard InChI is InChI=1S/C14H21NO4/c1-10(14(16-2)17-3)15-11-5-6-12-13(9-11)19-8-4-7-18-12/h5-6,9-10,14-15H,4,7-8H2,1-3H3. The van der Waals surface area contributed by atoms with Crippen LogP contribution in [0, 0.1) is 0 Å². The van der Waals surface area contributed by atoms with Crippen molar-refractivity contribution < 1.29 is 18.9 Å². The van der Waals surface area contributed by atoms with E-state index in [1.807, 2.05) is 25.1 Å². The molecule has 0 amide bonds. The summed E-state index contributed by atoms with van der Waals surface area (Å²) in [5, 5.41) is 3.33. The first-order valence-corrected chi connectivity index (χ1v) is 6.46. The van der Waals surface area contributed by atoms with E-state index < -0.39 is 0 Å². The number of hydrogen-bond acceptors (Lipinski definition) is 5. The van der Waals surface area contributed by atoms with Gasteiger partial charge in [-0.15, -0.1) is 0 Å². The maximum atomic E-state index is 5.66.